The number of nitrogens with zero attached hydrogens (tertiary/aromatic N) is 1. The Kier molecular flexibility index (Phi) is 7.11. The SMILES string of the molecule is COc1ccc(C(=O)Oc2ccc3ccccc3c2/C=N\NC(=O)c2ccc(Cl)c(Cl)c2)cc1. The Morgan fingerprint density at radius 1 is 0.882 bits per heavy atom. The van der Waals surface area contributed by atoms with Crippen LogP contribution in [0.4, 0.5) is 0 Å². The molecule has 0 heterocycles. The van der Waals surface area contributed by atoms with Crippen LogP contribution in [0.1, 0.15) is 26.3 Å². The zero-order valence-electron chi connectivity index (χ0n) is 17.9. The molecule has 0 saturated carbocycles. The number of methoxy groups -OCH3 is 1. The molecule has 0 aliphatic rings. The molecule has 0 saturated heterocycles. The summed E-state index contributed by atoms with van der Waals surface area (Å²) in [5.41, 5.74) is 3.66. The standard InChI is InChI=1S/C26H18Cl2N2O4/c1-33-19-10-6-17(7-11-19)26(32)34-24-13-9-16-4-2-3-5-20(16)21(24)15-29-30-25(31)18-8-12-22(27)23(28)14-18/h2-15H,1H3,(H,30,31)/b29-15-. The minimum Gasteiger partial charge on any atom is -0.497 e. The maximum Gasteiger partial charge on any atom is 0.343 e. The summed E-state index contributed by atoms with van der Waals surface area (Å²) in [6.07, 6.45) is 1.44. The lowest BCUT2D eigenvalue weighted by Crippen LogP contribution is -2.17. The maximum atomic E-state index is 12.7. The van der Waals surface area contributed by atoms with Crippen LogP contribution in [-0.4, -0.2) is 25.2 Å². The van der Waals surface area contributed by atoms with Gasteiger partial charge in [-0.3, -0.25) is 4.79 Å². The molecule has 0 aliphatic heterocycles. The molecule has 0 aromatic heterocycles. The summed E-state index contributed by atoms with van der Waals surface area (Å²) >= 11 is 11.9. The highest BCUT2D eigenvalue weighted by atomic mass is 35.5. The van der Waals surface area contributed by atoms with Gasteiger partial charge in [-0.05, 0) is 59.3 Å². The van der Waals surface area contributed by atoms with E-state index in [1.54, 1.807) is 43.5 Å². The summed E-state index contributed by atoms with van der Waals surface area (Å²) in [4.78, 5) is 25.2. The van der Waals surface area contributed by atoms with Gasteiger partial charge in [0.25, 0.3) is 5.91 Å². The summed E-state index contributed by atoms with van der Waals surface area (Å²) in [5.74, 6) is -0.0703. The first-order valence-electron chi connectivity index (χ1n) is 10.1. The van der Waals surface area contributed by atoms with Gasteiger partial charge in [-0.2, -0.15) is 5.10 Å². The van der Waals surface area contributed by atoms with Crippen molar-refractivity contribution in [2.24, 2.45) is 5.10 Å². The molecule has 4 aromatic rings. The third kappa shape index (κ3) is 5.20. The van der Waals surface area contributed by atoms with E-state index in [4.69, 9.17) is 32.7 Å². The maximum absolute atomic E-state index is 12.7. The molecule has 0 aliphatic carbocycles. The van der Waals surface area contributed by atoms with E-state index in [-0.39, 0.29) is 5.02 Å². The molecule has 8 heteroatoms. The van der Waals surface area contributed by atoms with Crippen molar-refractivity contribution in [3.63, 3.8) is 0 Å². The number of amides is 1. The number of esters is 1. The van der Waals surface area contributed by atoms with Gasteiger partial charge in [0, 0.05) is 11.1 Å². The molecule has 4 rings (SSSR count). The average molecular weight is 493 g/mol. The van der Waals surface area contributed by atoms with Crippen LogP contribution < -0.4 is 14.9 Å². The molecule has 6 nitrogen and oxygen atoms in total. The lowest BCUT2D eigenvalue weighted by molar-refractivity contribution is 0.0734. The number of rotatable bonds is 6. The zero-order chi connectivity index (χ0) is 24.1. The van der Waals surface area contributed by atoms with E-state index in [1.807, 2.05) is 30.3 Å². The second-order valence-corrected chi connectivity index (χ2v) is 7.96. The van der Waals surface area contributed by atoms with Crippen LogP contribution in [0, 0.1) is 0 Å². The van der Waals surface area contributed by atoms with Gasteiger partial charge < -0.3 is 9.47 Å². The Morgan fingerprint density at radius 3 is 2.35 bits per heavy atom. The highest BCUT2D eigenvalue weighted by Gasteiger charge is 2.14. The lowest BCUT2D eigenvalue weighted by Gasteiger charge is -2.11. The Bertz CT molecular complexity index is 1400. The van der Waals surface area contributed by atoms with Gasteiger partial charge in [0.1, 0.15) is 11.5 Å². The van der Waals surface area contributed by atoms with Gasteiger partial charge in [0.2, 0.25) is 0 Å². The Balaban J connectivity index is 1.61. The van der Waals surface area contributed by atoms with Gasteiger partial charge in [-0.25, -0.2) is 10.2 Å². The molecule has 4 aromatic carbocycles. The normalized spacial score (nSPS) is 10.9. The summed E-state index contributed by atoms with van der Waals surface area (Å²) in [5, 5.41) is 6.41. The van der Waals surface area contributed by atoms with E-state index < -0.39 is 11.9 Å². The molecule has 0 atom stereocenters. The van der Waals surface area contributed by atoms with Gasteiger partial charge in [-0.15, -0.1) is 0 Å². The molecule has 0 fully saturated rings. The Morgan fingerprint density at radius 2 is 1.62 bits per heavy atom. The third-order valence-corrected chi connectivity index (χ3v) is 5.74. The van der Waals surface area contributed by atoms with Gasteiger partial charge in [0.05, 0.1) is 28.9 Å². The monoisotopic (exact) mass is 492 g/mol. The van der Waals surface area contributed by atoms with Crippen molar-refractivity contribution < 1.29 is 19.1 Å². The van der Waals surface area contributed by atoms with Crippen molar-refractivity contribution in [1.29, 1.82) is 0 Å². The summed E-state index contributed by atoms with van der Waals surface area (Å²) in [7, 11) is 1.55. The number of hydrogen-bond donors (Lipinski definition) is 1. The van der Waals surface area contributed by atoms with Crippen molar-refractivity contribution in [1.82, 2.24) is 5.43 Å². The van der Waals surface area contributed by atoms with E-state index >= 15 is 0 Å². The van der Waals surface area contributed by atoms with Crippen LogP contribution in [0.5, 0.6) is 11.5 Å². The number of benzene rings is 4. The van der Waals surface area contributed by atoms with E-state index in [2.05, 4.69) is 10.5 Å². The first-order chi connectivity index (χ1) is 16.5. The molecule has 1 amide bonds. The largest absolute Gasteiger partial charge is 0.497 e. The summed E-state index contributed by atoms with van der Waals surface area (Å²) < 4.78 is 10.8. The van der Waals surface area contributed by atoms with E-state index in [9.17, 15) is 9.59 Å². The number of carbonyl (C=O) groups is 2. The summed E-state index contributed by atoms with van der Waals surface area (Å²) in [6, 6.07) is 22.2. The fraction of sp³-hybridized carbons (Fsp3) is 0.0385. The van der Waals surface area contributed by atoms with Crippen LogP contribution in [-0.2, 0) is 0 Å². The van der Waals surface area contributed by atoms with Crippen LogP contribution in [0.2, 0.25) is 10.0 Å². The molecular formula is C26H18Cl2N2O4. The third-order valence-electron chi connectivity index (χ3n) is 5.00. The molecule has 170 valence electrons. The van der Waals surface area contributed by atoms with Crippen molar-refractivity contribution >= 4 is 52.1 Å². The second kappa shape index (κ2) is 10.4. The minimum atomic E-state index is -0.535. The van der Waals surface area contributed by atoms with E-state index in [0.29, 0.717) is 33.2 Å². The van der Waals surface area contributed by atoms with E-state index in [0.717, 1.165) is 10.8 Å². The minimum absolute atomic E-state index is 0.264. The Hall–Kier alpha value is -3.87. The van der Waals surface area contributed by atoms with Gasteiger partial charge in [0.15, 0.2) is 0 Å². The molecule has 0 spiro atoms. The first-order valence-corrected chi connectivity index (χ1v) is 10.9. The Labute approximate surface area is 205 Å². The molecule has 1 N–H and O–H groups in total. The van der Waals surface area contributed by atoms with Gasteiger partial charge in [-0.1, -0.05) is 53.5 Å². The predicted octanol–water partition coefficient (Wildman–Crippen LogP) is 6.14. The fourth-order valence-electron chi connectivity index (χ4n) is 3.24. The zero-order valence-corrected chi connectivity index (χ0v) is 19.4. The quantitative estimate of drug-likeness (QED) is 0.152. The highest BCUT2D eigenvalue weighted by molar-refractivity contribution is 6.42. The van der Waals surface area contributed by atoms with E-state index in [1.165, 1.54) is 18.3 Å². The number of carbonyl (C=O) groups excluding carboxylic acids is 2. The van der Waals surface area contributed by atoms with Crippen molar-refractivity contribution in [2.75, 3.05) is 7.11 Å². The summed E-state index contributed by atoms with van der Waals surface area (Å²) in [6.45, 7) is 0. The number of ether oxygens (including phenoxy) is 2. The molecule has 0 unspecified atom stereocenters. The van der Waals surface area contributed by atoms with Crippen molar-refractivity contribution in [2.45, 2.75) is 0 Å². The van der Waals surface area contributed by atoms with Crippen LogP contribution in [0.3, 0.4) is 0 Å². The van der Waals surface area contributed by atoms with Crippen LogP contribution >= 0.6 is 23.2 Å². The molecule has 0 radical (unpaired) electrons. The number of nitrogens with one attached hydrogen (secondary N) is 1. The number of hydrogen-bond acceptors (Lipinski definition) is 5. The smallest absolute Gasteiger partial charge is 0.343 e. The van der Waals surface area contributed by atoms with Crippen molar-refractivity contribution in [3.05, 3.63) is 106 Å². The van der Waals surface area contributed by atoms with Gasteiger partial charge >= 0.3 is 5.97 Å². The number of halogens is 2. The fourth-order valence-corrected chi connectivity index (χ4v) is 3.54. The van der Waals surface area contributed by atoms with Crippen LogP contribution in [0.25, 0.3) is 10.8 Å². The second-order valence-electron chi connectivity index (χ2n) is 7.14. The average Bonchev–Trinajstić information content (AvgIpc) is 2.86. The predicted molar refractivity (Wildman–Crippen MR) is 133 cm³/mol. The highest BCUT2D eigenvalue weighted by Crippen LogP contribution is 2.28. The van der Waals surface area contributed by atoms with Crippen LogP contribution in [0.15, 0.2) is 84.0 Å². The number of fused-ring (bicyclic) bond motifs is 1. The molecule has 34 heavy (non-hydrogen) atoms. The van der Waals surface area contributed by atoms with Crippen molar-refractivity contribution in [3.8, 4) is 11.5 Å². The molecule has 0 bridgehead atoms. The first kappa shape index (κ1) is 23.3. The molecular weight excluding hydrogens is 475 g/mol. The number of hydrazone groups is 1. The lowest BCUT2D eigenvalue weighted by atomic mass is 10.0. The topological polar surface area (TPSA) is 77.0 Å².